The average molecular weight is 252 g/mol. The van der Waals surface area contributed by atoms with Crippen LogP contribution in [0.4, 0.5) is 10.2 Å². The minimum atomic E-state index is -0.278. The van der Waals surface area contributed by atoms with Gasteiger partial charge in [0.05, 0.1) is 5.52 Å². The highest BCUT2D eigenvalue weighted by Crippen LogP contribution is 2.30. The predicted molar refractivity (Wildman–Crippen MR) is 65.9 cm³/mol. The molecule has 1 aliphatic rings. The minimum Gasteiger partial charge on any atom is -0.367 e. The fraction of sp³-hybridized carbons (Fsp3) is 0.333. The number of hydrogen-bond acceptors (Lipinski definition) is 3. The van der Waals surface area contributed by atoms with E-state index in [0.717, 1.165) is 18.4 Å². The maximum absolute atomic E-state index is 13.4. The molecule has 0 amide bonds. The van der Waals surface area contributed by atoms with Crippen LogP contribution in [0.25, 0.3) is 10.9 Å². The molecule has 3 rings (SSSR count). The van der Waals surface area contributed by atoms with Crippen LogP contribution in [0.3, 0.4) is 0 Å². The van der Waals surface area contributed by atoms with Gasteiger partial charge in [0.2, 0.25) is 5.28 Å². The molecule has 1 aromatic heterocycles. The van der Waals surface area contributed by atoms with Crippen molar-refractivity contribution in [3.05, 3.63) is 28.8 Å². The van der Waals surface area contributed by atoms with Gasteiger partial charge in [-0.2, -0.15) is 0 Å². The van der Waals surface area contributed by atoms with Crippen LogP contribution >= 0.6 is 11.6 Å². The van der Waals surface area contributed by atoms with E-state index in [9.17, 15) is 4.39 Å². The lowest BCUT2D eigenvalue weighted by Gasteiger charge is -2.09. The van der Waals surface area contributed by atoms with Crippen molar-refractivity contribution in [2.75, 3.05) is 5.32 Å². The van der Waals surface area contributed by atoms with Gasteiger partial charge in [-0.3, -0.25) is 0 Å². The highest BCUT2D eigenvalue weighted by molar-refractivity contribution is 6.28. The zero-order valence-electron chi connectivity index (χ0n) is 9.30. The molecule has 0 radical (unpaired) electrons. The van der Waals surface area contributed by atoms with Gasteiger partial charge in [-0.1, -0.05) is 0 Å². The van der Waals surface area contributed by atoms with Crippen LogP contribution in [-0.4, -0.2) is 16.0 Å². The molecule has 1 fully saturated rings. The van der Waals surface area contributed by atoms with Gasteiger partial charge in [0, 0.05) is 11.4 Å². The lowest BCUT2D eigenvalue weighted by atomic mass is 10.1. The summed E-state index contributed by atoms with van der Waals surface area (Å²) in [7, 11) is 0. The molecule has 88 valence electrons. The molecule has 1 aliphatic carbocycles. The highest BCUT2D eigenvalue weighted by atomic mass is 35.5. The third kappa shape index (κ3) is 2.05. The molecule has 0 bridgehead atoms. The van der Waals surface area contributed by atoms with Gasteiger partial charge in [0.25, 0.3) is 0 Å². The second-order valence-electron chi connectivity index (χ2n) is 4.38. The zero-order chi connectivity index (χ0) is 12.0. The van der Waals surface area contributed by atoms with E-state index in [-0.39, 0.29) is 11.1 Å². The predicted octanol–water partition coefficient (Wildman–Crippen LogP) is 3.31. The zero-order valence-corrected chi connectivity index (χ0v) is 10.1. The first-order valence-electron chi connectivity index (χ1n) is 5.53. The molecular formula is C12H11ClFN3. The van der Waals surface area contributed by atoms with Crippen LogP contribution in [0.5, 0.6) is 0 Å². The molecule has 1 aromatic carbocycles. The molecule has 0 spiro atoms. The Morgan fingerprint density at radius 3 is 2.82 bits per heavy atom. The van der Waals surface area contributed by atoms with Crippen molar-refractivity contribution in [1.82, 2.24) is 9.97 Å². The molecule has 3 nitrogen and oxygen atoms in total. The number of nitrogens with one attached hydrogen (secondary N) is 1. The van der Waals surface area contributed by atoms with Crippen LogP contribution in [0, 0.1) is 12.7 Å². The van der Waals surface area contributed by atoms with Crippen molar-refractivity contribution >= 4 is 28.3 Å². The maximum atomic E-state index is 13.4. The van der Waals surface area contributed by atoms with E-state index in [1.165, 1.54) is 12.1 Å². The van der Waals surface area contributed by atoms with Crippen LogP contribution in [-0.2, 0) is 0 Å². The minimum absolute atomic E-state index is 0.190. The van der Waals surface area contributed by atoms with Gasteiger partial charge < -0.3 is 5.32 Å². The number of anilines is 1. The molecule has 1 saturated carbocycles. The van der Waals surface area contributed by atoms with E-state index < -0.39 is 0 Å². The van der Waals surface area contributed by atoms with E-state index in [1.807, 2.05) is 6.92 Å². The molecule has 0 unspecified atom stereocenters. The summed E-state index contributed by atoms with van der Waals surface area (Å²) in [5, 5.41) is 4.14. The van der Waals surface area contributed by atoms with Gasteiger partial charge in [-0.25, -0.2) is 14.4 Å². The number of benzene rings is 1. The first kappa shape index (κ1) is 10.7. The van der Waals surface area contributed by atoms with E-state index in [1.54, 1.807) is 0 Å². The average Bonchev–Trinajstić information content (AvgIpc) is 3.04. The normalized spacial score (nSPS) is 15.2. The Bertz CT molecular complexity index is 596. The van der Waals surface area contributed by atoms with E-state index >= 15 is 0 Å². The topological polar surface area (TPSA) is 37.8 Å². The third-order valence-electron chi connectivity index (χ3n) is 2.85. The van der Waals surface area contributed by atoms with Crippen LogP contribution in [0.1, 0.15) is 18.4 Å². The standard InChI is InChI=1S/C12H11ClFN3/c1-6-4-7(14)5-9-10(6)16-12(13)17-11(9)15-8-2-3-8/h4-5,8H,2-3H2,1H3,(H,15,16,17). The van der Waals surface area contributed by atoms with Crippen molar-refractivity contribution < 1.29 is 4.39 Å². The Balaban J connectivity index is 2.24. The maximum Gasteiger partial charge on any atom is 0.224 e. The number of halogens is 2. The van der Waals surface area contributed by atoms with Crippen molar-refractivity contribution in [1.29, 1.82) is 0 Å². The second-order valence-corrected chi connectivity index (χ2v) is 4.72. The Kier molecular flexibility index (Phi) is 2.40. The van der Waals surface area contributed by atoms with E-state index in [0.29, 0.717) is 22.8 Å². The number of rotatable bonds is 2. The van der Waals surface area contributed by atoms with Crippen molar-refractivity contribution in [3.63, 3.8) is 0 Å². The third-order valence-corrected chi connectivity index (χ3v) is 3.02. The van der Waals surface area contributed by atoms with E-state index in [2.05, 4.69) is 15.3 Å². The lowest BCUT2D eigenvalue weighted by Crippen LogP contribution is -2.05. The van der Waals surface area contributed by atoms with Crippen molar-refractivity contribution in [2.45, 2.75) is 25.8 Å². The van der Waals surface area contributed by atoms with Crippen LogP contribution in [0.15, 0.2) is 12.1 Å². The fourth-order valence-electron chi connectivity index (χ4n) is 1.87. The first-order chi connectivity index (χ1) is 8.13. The summed E-state index contributed by atoms with van der Waals surface area (Å²) in [6.07, 6.45) is 2.24. The molecule has 5 heteroatoms. The quantitative estimate of drug-likeness (QED) is 0.833. The molecular weight excluding hydrogens is 241 g/mol. The Labute approximate surface area is 103 Å². The largest absolute Gasteiger partial charge is 0.367 e. The van der Waals surface area contributed by atoms with Gasteiger partial charge in [-0.15, -0.1) is 0 Å². The van der Waals surface area contributed by atoms with Gasteiger partial charge in [0.15, 0.2) is 0 Å². The Hall–Kier alpha value is -1.42. The number of aryl methyl sites for hydroxylation is 1. The summed E-state index contributed by atoms with van der Waals surface area (Å²) in [6.45, 7) is 1.82. The summed E-state index contributed by atoms with van der Waals surface area (Å²) < 4.78 is 13.4. The number of nitrogens with zero attached hydrogens (tertiary/aromatic N) is 2. The molecule has 0 atom stereocenters. The highest BCUT2D eigenvalue weighted by Gasteiger charge is 2.23. The Morgan fingerprint density at radius 2 is 2.12 bits per heavy atom. The lowest BCUT2D eigenvalue weighted by molar-refractivity contribution is 0.628. The number of aromatic nitrogens is 2. The SMILES string of the molecule is Cc1cc(F)cc2c(NC3CC3)nc(Cl)nc12. The van der Waals surface area contributed by atoms with Gasteiger partial charge in [0.1, 0.15) is 11.6 Å². The summed E-state index contributed by atoms with van der Waals surface area (Å²) in [4.78, 5) is 8.29. The molecule has 0 aliphatic heterocycles. The van der Waals surface area contributed by atoms with Crippen LogP contribution < -0.4 is 5.32 Å². The molecule has 1 N–H and O–H groups in total. The van der Waals surface area contributed by atoms with Gasteiger partial charge in [-0.05, 0) is 49.1 Å². The smallest absolute Gasteiger partial charge is 0.224 e. The van der Waals surface area contributed by atoms with E-state index in [4.69, 9.17) is 11.6 Å². The molecule has 2 aromatic rings. The number of fused-ring (bicyclic) bond motifs is 1. The van der Waals surface area contributed by atoms with Gasteiger partial charge >= 0.3 is 0 Å². The first-order valence-corrected chi connectivity index (χ1v) is 5.91. The Morgan fingerprint density at radius 1 is 1.35 bits per heavy atom. The molecule has 0 saturated heterocycles. The second kappa shape index (κ2) is 3.81. The van der Waals surface area contributed by atoms with Crippen molar-refractivity contribution in [2.24, 2.45) is 0 Å². The monoisotopic (exact) mass is 251 g/mol. The molecule has 17 heavy (non-hydrogen) atoms. The number of hydrogen-bond donors (Lipinski definition) is 1. The van der Waals surface area contributed by atoms with Crippen LogP contribution in [0.2, 0.25) is 5.28 Å². The summed E-state index contributed by atoms with van der Waals surface area (Å²) >= 11 is 5.88. The van der Waals surface area contributed by atoms with Crippen molar-refractivity contribution in [3.8, 4) is 0 Å². The molecule has 1 heterocycles. The fourth-order valence-corrected chi connectivity index (χ4v) is 2.03. The summed E-state index contributed by atoms with van der Waals surface area (Å²) in [5.41, 5.74) is 1.47. The summed E-state index contributed by atoms with van der Waals surface area (Å²) in [6, 6.07) is 3.34. The summed E-state index contributed by atoms with van der Waals surface area (Å²) in [5.74, 6) is 0.352.